The molecular weight excluding hydrogens is 164 g/mol. The van der Waals surface area contributed by atoms with Gasteiger partial charge in [0.1, 0.15) is 0 Å². The Hall–Kier alpha value is -0.590. The summed E-state index contributed by atoms with van der Waals surface area (Å²) in [7, 11) is 0. The number of rotatable bonds is 4. The lowest BCUT2D eigenvalue weighted by Gasteiger charge is -2.23. The molecule has 0 aliphatic carbocycles. The Labute approximate surface area is 80.1 Å². The molecule has 1 saturated heterocycles. The molecule has 0 spiro atoms. The molecule has 1 heterocycles. The normalized spacial score (nSPS) is 20.9. The van der Waals surface area contributed by atoms with E-state index >= 15 is 0 Å². The molecule has 1 fully saturated rings. The zero-order chi connectivity index (χ0) is 9.52. The second-order valence-electron chi connectivity index (χ2n) is 3.53. The van der Waals surface area contributed by atoms with E-state index in [-0.39, 0.29) is 5.92 Å². The third-order valence-electron chi connectivity index (χ3n) is 2.55. The summed E-state index contributed by atoms with van der Waals surface area (Å²) in [5.41, 5.74) is 0. The van der Waals surface area contributed by atoms with Crippen molar-refractivity contribution in [3.63, 3.8) is 0 Å². The Kier molecular flexibility index (Phi) is 4.81. The summed E-state index contributed by atoms with van der Waals surface area (Å²) in [5, 5.41) is 12.2. The molecule has 1 aliphatic heterocycles. The van der Waals surface area contributed by atoms with Gasteiger partial charge < -0.3 is 10.1 Å². The lowest BCUT2D eigenvalue weighted by molar-refractivity contribution is 0.0774. The van der Waals surface area contributed by atoms with Crippen LogP contribution in [0.2, 0.25) is 0 Å². The van der Waals surface area contributed by atoms with Crippen LogP contribution < -0.4 is 5.32 Å². The molecule has 0 bridgehead atoms. The topological polar surface area (TPSA) is 45.0 Å². The van der Waals surface area contributed by atoms with Crippen molar-refractivity contribution < 1.29 is 4.74 Å². The largest absolute Gasteiger partial charge is 0.381 e. The van der Waals surface area contributed by atoms with Crippen LogP contribution in [0.4, 0.5) is 0 Å². The molecule has 74 valence electrons. The van der Waals surface area contributed by atoms with E-state index in [4.69, 9.17) is 10.00 Å². The van der Waals surface area contributed by atoms with Crippen LogP contribution in [-0.2, 0) is 4.74 Å². The van der Waals surface area contributed by atoms with Crippen LogP contribution in [-0.4, -0.2) is 25.8 Å². The van der Waals surface area contributed by atoms with Crippen molar-refractivity contribution in [3.05, 3.63) is 0 Å². The van der Waals surface area contributed by atoms with Crippen molar-refractivity contribution in [3.8, 4) is 6.07 Å². The Balaban J connectivity index is 2.13. The minimum atomic E-state index is 0.169. The first-order valence-electron chi connectivity index (χ1n) is 5.07. The van der Waals surface area contributed by atoms with Crippen LogP contribution in [0, 0.1) is 17.2 Å². The van der Waals surface area contributed by atoms with E-state index in [9.17, 15) is 0 Å². The molecule has 1 aliphatic rings. The second kappa shape index (κ2) is 5.95. The molecule has 0 amide bonds. The molecule has 0 saturated carbocycles. The monoisotopic (exact) mass is 182 g/mol. The Bertz CT molecular complexity index is 170. The van der Waals surface area contributed by atoms with Gasteiger partial charge in [0.2, 0.25) is 0 Å². The SMILES string of the molecule is CCC(C#N)CNC1CCOCC1. The first-order chi connectivity index (χ1) is 6.36. The van der Waals surface area contributed by atoms with Crippen LogP contribution in [0.5, 0.6) is 0 Å². The highest BCUT2D eigenvalue weighted by Gasteiger charge is 2.14. The summed E-state index contributed by atoms with van der Waals surface area (Å²) in [6, 6.07) is 2.86. The van der Waals surface area contributed by atoms with Gasteiger partial charge in [-0.25, -0.2) is 0 Å². The number of nitrogens with one attached hydrogen (secondary N) is 1. The van der Waals surface area contributed by atoms with Crippen LogP contribution in [0.15, 0.2) is 0 Å². The highest BCUT2D eigenvalue weighted by Crippen LogP contribution is 2.07. The average Bonchev–Trinajstić information content (AvgIpc) is 2.21. The van der Waals surface area contributed by atoms with Crippen molar-refractivity contribution in [2.24, 2.45) is 5.92 Å². The summed E-state index contributed by atoms with van der Waals surface area (Å²) in [6.07, 6.45) is 3.11. The highest BCUT2D eigenvalue weighted by atomic mass is 16.5. The molecule has 1 rings (SSSR count). The van der Waals surface area contributed by atoms with Crippen molar-refractivity contribution in [2.45, 2.75) is 32.2 Å². The number of ether oxygens (including phenoxy) is 1. The summed E-state index contributed by atoms with van der Waals surface area (Å²) >= 11 is 0. The standard InChI is InChI=1S/C10H18N2O/c1-2-9(7-11)8-12-10-3-5-13-6-4-10/h9-10,12H,2-6,8H2,1H3. The van der Waals surface area contributed by atoms with Crippen LogP contribution >= 0.6 is 0 Å². The zero-order valence-electron chi connectivity index (χ0n) is 8.25. The van der Waals surface area contributed by atoms with Gasteiger partial charge in [-0.05, 0) is 19.3 Å². The fourth-order valence-corrected chi connectivity index (χ4v) is 1.49. The number of hydrogen-bond acceptors (Lipinski definition) is 3. The lowest BCUT2D eigenvalue weighted by Crippen LogP contribution is -2.37. The minimum absolute atomic E-state index is 0.169. The average molecular weight is 182 g/mol. The molecule has 1 N–H and O–H groups in total. The van der Waals surface area contributed by atoms with Gasteiger partial charge in [-0.3, -0.25) is 0 Å². The Morgan fingerprint density at radius 3 is 2.77 bits per heavy atom. The Morgan fingerprint density at radius 1 is 1.54 bits per heavy atom. The smallest absolute Gasteiger partial charge is 0.0669 e. The van der Waals surface area contributed by atoms with E-state index < -0.39 is 0 Å². The van der Waals surface area contributed by atoms with Crippen LogP contribution in [0.25, 0.3) is 0 Å². The van der Waals surface area contributed by atoms with Crippen LogP contribution in [0.3, 0.4) is 0 Å². The van der Waals surface area contributed by atoms with Crippen molar-refractivity contribution >= 4 is 0 Å². The third kappa shape index (κ3) is 3.75. The van der Waals surface area contributed by atoms with E-state index in [0.29, 0.717) is 6.04 Å². The summed E-state index contributed by atoms with van der Waals surface area (Å²) in [4.78, 5) is 0. The summed E-state index contributed by atoms with van der Waals surface area (Å²) in [6.45, 7) is 4.61. The maximum Gasteiger partial charge on any atom is 0.0669 e. The zero-order valence-corrected chi connectivity index (χ0v) is 8.25. The van der Waals surface area contributed by atoms with Crippen molar-refractivity contribution in [1.82, 2.24) is 5.32 Å². The predicted octanol–water partition coefficient (Wildman–Crippen LogP) is 1.30. The minimum Gasteiger partial charge on any atom is -0.381 e. The van der Waals surface area contributed by atoms with Gasteiger partial charge in [-0.2, -0.15) is 5.26 Å². The molecule has 1 atom stereocenters. The van der Waals surface area contributed by atoms with Gasteiger partial charge in [0, 0.05) is 25.8 Å². The van der Waals surface area contributed by atoms with Crippen molar-refractivity contribution in [1.29, 1.82) is 5.26 Å². The fourth-order valence-electron chi connectivity index (χ4n) is 1.49. The van der Waals surface area contributed by atoms with E-state index in [0.717, 1.165) is 39.0 Å². The molecular formula is C10H18N2O. The van der Waals surface area contributed by atoms with E-state index in [1.807, 2.05) is 0 Å². The van der Waals surface area contributed by atoms with Gasteiger partial charge >= 0.3 is 0 Å². The maximum atomic E-state index is 8.74. The highest BCUT2D eigenvalue weighted by molar-refractivity contribution is 4.84. The molecule has 0 aromatic heterocycles. The first kappa shape index (κ1) is 10.5. The predicted molar refractivity (Wildman–Crippen MR) is 51.2 cm³/mol. The first-order valence-corrected chi connectivity index (χ1v) is 5.07. The second-order valence-corrected chi connectivity index (χ2v) is 3.53. The van der Waals surface area contributed by atoms with E-state index in [1.165, 1.54) is 0 Å². The third-order valence-corrected chi connectivity index (χ3v) is 2.55. The van der Waals surface area contributed by atoms with Crippen molar-refractivity contribution in [2.75, 3.05) is 19.8 Å². The van der Waals surface area contributed by atoms with Gasteiger partial charge in [0.25, 0.3) is 0 Å². The van der Waals surface area contributed by atoms with E-state index in [2.05, 4.69) is 18.3 Å². The molecule has 3 nitrogen and oxygen atoms in total. The van der Waals surface area contributed by atoms with Gasteiger partial charge in [-0.1, -0.05) is 6.92 Å². The van der Waals surface area contributed by atoms with Gasteiger partial charge in [-0.15, -0.1) is 0 Å². The van der Waals surface area contributed by atoms with Crippen LogP contribution in [0.1, 0.15) is 26.2 Å². The number of hydrogen-bond donors (Lipinski definition) is 1. The molecule has 3 heteroatoms. The summed E-state index contributed by atoms with van der Waals surface area (Å²) < 4.78 is 5.25. The maximum absolute atomic E-state index is 8.74. The van der Waals surface area contributed by atoms with Gasteiger partial charge in [0.15, 0.2) is 0 Å². The Morgan fingerprint density at radius 2 is 2.23 bits per heavy atom. The lowest BCUT2D eigenvalue weighted by atomic mass is 10.1. The molecule has 0 aromatic carbocycles. The van der Waals surface area contributed by atoms with Gasteiger partial charge in [0.05, 0.1) is 12.0 Å². The molecule has 13 heavy (non-hydrogen) atoms. The number of nitriles is 1. The molecule has 0 radical (unpaired) electrons. The fraction of sp³-hybridized carbons (Fsp3) is 0.900. The quantitative estimate of drug-likeness (QED) is 0.713. The summed E-state index contributed by atoms with van der Waals surface area (Å²) in [5.74, 6) is 0.169. The molecule has 1 unspecified atom stereocenters. The van der Waals surface area contributed by atoms with E-state index in [1.54, 1.807) is 0 Å². The number of nitrogens with zero attached hydrogens (tertiary/aromatic N) is 1. The molecule has 0 aromatic rings.